The molecule has 0 spiro atoms. The highest BCUT2D eigenvalue weighted by Crippen LogP contribution is 2.24. The molecule has 0 unspecified atom stereocenters. The highest BCUT2D eigenvalue weighted by Gasteiger charge is 2.20. The number of aromatic nitrogens is 4. The van der Waals surface area contributed by atoms with Crippen LogP contribution in [0, 0.1) is 5.82 Å². The molecule has 0 saturated heterocycles. The van der Waals surface area contributed by atoms with Gasteiger partial charge in [0.05, 0.1) is 36.4 Å². The number of benzene rings is 1. The van der Waals surface area contributed by atoms with Crippen molar-refractivity contribution in [3.8, 4) is 11.3 Å². The molecule has 3 aromatic rings. The maximum absolute atomic E-state index is 13.6. The summed E-state index contributed by atoms with van der Waals surface area (Å²) in [5.74, 6) is -0.431. The smallest absolute Gasteiger partial charge is 0.246 e. The van der Waals surface area contributed by atoms with E-state index < -0.39 is 0 Å². The van der Waals surface area contributed by atoms with Gasteiger partial charge in [0.1, 0.15) is 12.4 Å². The van der Waals surface area contributed by atoms with E-state index in [0.717, 1.165) is 47.8 Å². The largest absolute Gasteiger partial charge is 0.375 e. The predicted octanol–water partition coefficient (Wildman–Crippen LogP) is 1.69. The zero-order chi connectivity index (χ0) is 20.2. The first kappa shape index (κ1) is 19.3. The van der Waals surface area contributed by atoms with Crippen LogP contribution in [0.4, 0.5) is 4.39 Å². The molecule has 2 aromatic heterocycles. The molecule has 0 atom stereocenters. The van der Waals surface area contributed by atoms with Crippen molar-refractivity contribution < 1.29 is 13.9 Å². The van der Waals surface area contributed by atoms with E-state index in [1.54, 1.807) is 12.3 Å². The number of aromatic amines is 1. The molecular formula is C20H23FN6O2. The zero-order valence-corrected chi connectivity index (χ0v) is 16.2. The number of carbonyl (C=O) groups excluding carboxylic acids is 1. The monoisotopic (exact) mass is 398 g/mol. The molecule has 1 aromatic carbocycles. The third kappa shape index (κ3) is 4.52. The topological polar surface area (TPSA) is 88.1 Å². The van der Waals surface area contributed by atoms with Gasteiger partial charge in [-0.25, -0.2) is 4.39 Å². The third-order valence-electron chi connectivity index (χ3n) is 4.89. The van der Waals surface area contributed by atoms with E-state index in [0.29, 0.717) is 13.1 Å². The van der Waals surface area contributed by atoms with Crippen LogP contribution in [-0.4, -0.2) is 51.0 Å². The van der Waals surface area contributed by atoms with Crippen molar-refractivity contribution in [2.75, 3.05) is 20.3 Å². The normalized spacial score (nSPS) is 14.0. The molecule has 1 aliphatic rings. The SMILES string of the molecule is COCC(=O)NCc1cc2n(n1)CCN(Cc1cn[nH]c1-c1cccc(F)c1)C2. The Morgan fingerprint density at radius 2 is 2.24 bits per heavy atom. The van der Waals surface area contributed by atoms with Gasteiger partial charge < -0.3 is 10.1 Å². The number of halogens is 1. The molecule has 2 N–H and O–H groups in total. The van der Waals surface area contributed by atoms with Crippen molar-refractivity contribution in [1.82, 2.24) is 30.2 Å². The minimum absolute atomic E-state index is 0.0414. The van der Waals surface area contributed by atoms with E-state index in [9.17, 15) is 9.18 Å². The molecule has 29 heavy (non-hydrogen) atoms. The fourth-order valence-corrected chi connectivity index (χ4v) is 3.54. The molecule has 9 heteroatoms. The molecular weight excluding hydrogens is 375 g/mol. The van der Waals surface area contributed by atoms with Gasteiger partial charge in [0.15, 0.2) is 0 Å². The van der Waals surface area contributed by atoms with Gasteiger partial charge in [-0.05, 0) is 18.2 Å². The summed E-state index contributed by atoms with van der Waals surface area (Å²) in [6.45, 7) is 3.49. The van der Waals surface area contributed by atoms with Crippen LogP contribution in [0.3, 0.4) is 0 Å². The average Bonchev–Trinajstić information content (AvgIpc) is 3.33. The molecule has 1 aliphatic heterocycles. The van der Waals surface area contributed by atoms with Crippen molar-refractivity contribution in [3.05, 3.63) is 59.3 Å². The van der Waals surface area contributed by atoms with Gasteiger partial charge in [-0.1, -0.05) is 12.1 Å². The Morgan fingerprint density at radius 1 is 1.34 bits per heavy atom. The highest BCUT2D eigenvalue weighted by molar-refractivity contribution is 5.77. The number of ether oxygens (including phenoxy) is 1. The van der Waals surface area contributed by atoms with Gasteiger partial charge in [0.25, 0.3) is 0 Å². The summed E-state index contributed by atoms with van der Waals surface area (Å²) in [5, 5.41) is 14.5. The third-order valence-corrected chi connectivity index (χ3v) is 4.89. The Bertz CT molecular complexity index is 999. The summed E-state index contributed by atoms with van der Waals surface area (Å²) in [7, 11) is 1.49. The molecule has 1 amide bonds. The summed E-state index contributed by atoms with van der Waals surface area (Å²) in [5.41, 5.74) is 4.58. The van der Waals surface area contributed by atoms with Crippen LogP contribution in [0.25, 0.3) is 11.3 Å². The quantitative estimate of drug-likeness (QED) is 0.632. The number of carbonyl (C=O) groups is 1. The first-order chi connectivity index (χ1) is 14.1. The number of fused-ring (bicyclic) bond motifs is 1. The van der Waals surface area contributed by atoms with Crippen molar-refractivity contribution in [2.24, 2.45) is 0 Å². The summed E-state index contributed by atoms with van der Waals surface area (Å²) in [4.78, 5) is 13.9. The Labute approximate surface area is 167 Å². The van der Waals surface area contributed by atoms with Crippen LogP contribution in [-0.2, 0) is 35.7 Å². The lowest BCUT2D eigenvalue weighted by molar-refractivity contribution is -0.124. The second kappa shape index (κ2) is 8.54. The van der Waals surface area contributed by atoms with Crippen molar-refractivity contribution in [3.63, 3.8) is 0 Å². The second-order valence-corrected chi connectivity index (χ2v) is 7.05. The minimum Gasteiger partial charge on any atom is -0.375 e. The van der Waals surface area contributed by atoms with Gasteiger partial charge in [-0.15, -0.1) is 0 Å². The van der Waals surface area contributed by atoms with E-state index in [1.165, 1.54) is 19.2 Å². The number of methoxy groups -OCH3 is 1. The Balaban J connectivity index is 1.41. The lowest BCUT2D eigenvalue weighted by Gasteiger charge is -2.27. The summed E-state index contributed by atoms with van der Waals surface area (Å²) < 4.78 is 20.4. The molecule has 0 saturated carbocycles. The number of H-pyrrole nitrogens is 1. The number of hydrogen-bond donors (Lipinski definition) is 2. The maximum atomic E-state index is 13.6. The van der Waals surface area contributed by atoms with Crippen LogP contribution in [0.15, 0.2) is 36.5 Å². The minimum atomic E-state index is -0.268. The van der Waals surface area contributed by atoms with E-state index in [1.807, 2.05) is 16.8 Å². The van der Waals surface area contributed by atoms with Crippen LogP contribution in [0.5, 0.6) is 0 Å². The van der Waals surface area contributed by atoms with E-state index in [4.69, 9.17) is 4.74 Å². The molecule has 4 rings (SSSR count). The van der Waals surface area contributed by atoms with E-state index >= 15 is 0 Å². The van der Waals surface area contributed by atoms with E-state index in [-0.39, 0.29) is 18.3 Å². The first-order valence-electron chi connectivity index (χ1n) is 9.44. The van der Waals surface area contributed by atoms with Gasteiger partial charge in [0.2, 0.25) is 5.91 Å². The fourth-order valence-electron chi connectivity index (χ4n) is 3.54. The fraction of sp³-hybridized carbons (Fsp3) is 0.350. The molecule has 0 bridgehead atoms. The molecule has 0 aliphatic carbocycles. The predicted molar refractivity (Wildman–Crippen MR) is 104 cm³/mol. The van der Waals surface area contributed by atoms with Crippen LogP contribution >= 0.6 is 0 Å². The lowest BCUT2D eigenvalue weighted by Crippen LogP contribution is -2.33. The van der Waals surface area contributed by atoms with Crippen molar-refractivity contribution in [2.45, 2.75) is 26.2 Å². The van der Waals surface area contributed by atoms with Crippen molar-refractivity contribution >= 4 is 5.91 Å². The average molecular weight is 398 g/mol. The van der Waals surface area contributed by atoms with Gasteiger partial charge in [-0.3, -0.25) is 19.5 Å². The first-order valence-corrected chi connectivity index (χ1v) is 9.44. The lowest BCUT2D eigenvalue weighted by atomic mass is 10.1. The van der Waals surface area contributed by atoms with Crippen LogP contribution in [0.2, 0.25) is 0 Å². The highest BCUT2D eigenvalue weighted by atomic mass is 19.1. The number of hydrogen-bond acceptors (Lipinski definition) is 5. The van der Waals surface area contributed by atoms with Crippen LogP contribution < -0.4 is 5.32 Å². The number of amides is 1. The molecule has 0 fully saturated rings. The maximum Gasteiger partial charge on any atom is 0.246 e. The van der Waals surface area contributed by atoms with Gasteiger partial charge in [-0.2, -0.15) is 10.2 Å². The number of nitrogens with zero attached hydrogens (tertiary/aromatic N) is 4. The molecule has 3 heterocycles. The zero-order valence-electron chi connectivity index (χ0n) is 16.2. The van der Waals surface area contributed by atoms with Gasteiger partial charge >= 0.3 is 0 Å². The number of nitrogens with one attached hydrogen (secondary N) is 2. The Kier molecular flexibility index (Phi) is 5.68. The summed E-state index contributed by atoms with van der Waals surface area (Å²) >= 11 is 0. The number of rotatable bonds is 7. The molecule has 0 radical (unpaired) electrons. The second-order valence-electron chi connectivity index (χ2n) is 7.05. The van der Waals surface area contributed by atoms with Crippen molar-refractivity contribution in [1.29, 1.82) is 0 Å². The molecule has 152 valence electrons. The van der Waals surface area contributed by atoms with E-state index in [2.05, 4.69) is 25.5 Å². The van der Waals surface area contributed by atoms with Crippen LogP contribution in [0.1, 0.15) is 17.0 Å². The Hall–Kier alpha value is -3.04. The summed E-state index contributed by atoms with van der Waals surface area (Å²) in [6, 6.07) is 8.52. The molecule has 8 nitrogen and oxygen atoms in total. The standard InChI is InChI=1S/C20H23FN6O2/c1-29-13-19(28)22-10-17-8-18-12-26(5-6-27(18)25-17)11-15-9-23-24-20(15)14-3-2-4-16(21)7-14/h2-4,7-9H,5-6,10-13H2,1H3,(H,22,28)(H,23,24). The Morgan fingerprint density at radius 3 is 3.07 bits per heavy atom. The summed E-state index contributed by atoms with van der Waals surface area (Å²) in [6.07, 6.45) is 1.79. The van der Waals surface area contributed by atoms with Gasteiger partial charge in [0, 0.05) is 37.9 Å².